The highest BCUT2D eigenvalue weighted by atomic mass is 79.9. The van der Waals surface area contributed by atoms with Gasteiger partial charge in [0.25, 0.3) is 0 Å². The highest BCUT2D eigenvalue weighted by molar-refractivity contribution is 9.10. The predicted octanol–water partition coefficient (Wildman–Crippen LogP) is 4.92. The maximum Gasteiger partial charge on any atom is 0.0294 e. The molecule has 0 aliphatic heterocycles. The van der Waals surface area contributed by atoms with Crippen molar-refractivity contribution in [3.05, 3.63) is 69.2 Å². The number of hydrogen-bond donors (Lipinski definition) is 1. The first-order valence-corrected chi connectivity index (χ1v) is 7.40. The zero-order valence-corrected chi connectivity index (χ0v) is 13.3. The summed E-state index contributed by atoms with van der Waals surface area (Å²) in [5.41, 5.74) is 5.36. The average molecular weight is 318 g/mol. The predicted molar refractivity (Wildman–Crippen MR) is 85.3 cm³/mol. The van der Waals surface area contributed by atoms with Gasteiger partial charge in [0.2, 0.25) is 0 Å². The van der Waals surface area contributed by atoms with E-state index < -0.39 is 0 Å². The first-order chi connectivity index (χ1) is 9.06. The number of hydrogen-bond acceptors (Lipinski definition) is 1. The Morgan fingerprint density at radius 3 is 2.42 bits per heavy atom. The van der Waals surface area contributed by atoms with Gasteiger partial charge in [-0.15, -0.1) is 0 Å². The third kappa shape index (κ3) is 3.92. The van der Waals surface area contributed by atoms with Crippen molar-refractivity contribution in [3.63, 3.8) is 0 Å². The minimum atomic E-state index is 0.355. The van der Waals surface area contributed by atoms with Crippen molar-refractivity contribution >= 4 is 15.9 Å². The Bertz CT molecular complexity index is 546. The van der Waals surface area contributed by atoms with Crippen LogP contribution in [0.25, 0.3) is 0 Å². The topological polar surface area (TPSA) is 12.0 Å². The highest BCUT2D eigenvalue weighted by Gasteiger charge is 2.06. The van der Waals surface area contributed by atoms with Crippen LogP contribution in [-0.4, -0.2) is 0 Å². The minimum Gasteiger partial charge on any atom is -0.306 e. The Morgan fingerprint density at radius 1 is 1.05 bits per heavy atom. The first-order valence-electron chi connectivity index (χ1n) is 6.61. The molecule has 0 spiro atoms. The molecule has 0 aromatic heterocycles. The lowest BCUT2D eigenvalue weighted by molar-refractivity contribution is 0.573. The van der Waals surface area contributed by atoms with Gasteiger partial charge in [0.1, 0.15) is 0 Å². The van der Waals surface area contributed by atoms with Crippen molar-refractivity contribution in [3.8, 4) is 0 Å². The molecule has 2 heteroatoms. The van der Waals surface area contributed by atoms with Gasteiger partial charge < -0.3 is 5.32 Å². The fourth-order valence-corrected chi connectivity index (χ4v) is 2.39. The van der Waals surface area contributed by atoms with Crippen molar-refractivity contribution in [1.29, 1.82) is 0 Å². The van der Waals surface area contributed by atoms with Crippen LogP contribution in [0.1, 0.15) is 35.2 Å². The molecule has 0 aliphatic rings. The molecule has 1 nitrogen and oxygen atoms in total. The third-order valence-electron chi connectivity index (χ3n) is 3.47. The Hall–Kier alpha value is -1.12. The third-order valence-corrected chi connectivity index (χ3v) is 4.00. The summed E-state index contributed by atoms with van der Waals surface area (Å²) in [6.07, 6.45) is 0. The average Bonchev–Trinajstić information content (AvgIpc) is 2.40. The molecule has 0 fully saturated rings. The second kappa shape index (κ2) is 6.36. The summed E-state index contributed by atoms with van der Waals surface area (Å²) in [5.74, 6) is 0. The number of rotatable bonds is 4. The summed E-state index contributed by atoms with van der Waals surface area (Å²) in [5, 5.41) is 3.59. The number of aryl methyl sites for hydroxylation is 2. The number of halogens is 1. The van der Waals surface area contributed by atoms with Gasteiger partial charge in [0.05, 0.1) is 0 Å². The summed E-state index contributed by atoms with van der Waals surface area (Å²) in [7, 11) is 0. The van der Waals surface area contributed by atoms with Gasteiger partial charge >= 0.3 is 0 Å². The smallest absolute Gasteiger partial charge is 0.0294 e. The molecular weight excluding hydrogens is 298 g/mol. The van der Waals surface area contributed by atoms with E-state index in [0.717, 1.165) is 11.0 Å². The Morgan fingerprint density at radius 2 is 1.74 bits per heavy atom. The van der Waals surface area contributed by atoms with E-state index in [-0.39, 0.29) is 0 Å². The molecule has 19 heavy (non-hydrogen) atoms. The molecule has 100 valence electrons. The van der Waals surface area contributed by atoms with Gasteiger partial charge in [-0.05, 0) is 49.6 Å². The zero-order chi connectivity index (χ0) is 13.8. The molecule has 0 radical (unpaired) electrons. The second-order valence-electron chi connectivity index (χ2n) is 5.08. The van der Waals surface area contributed by atoms with Gasteiger partial charge in [0, 0.05) is 17.1 Å². The maximum absolute atomic E-state index is 3.59. The van der Waals surface area contributed by atoms with Gasteiger partial charge in [-0.1, -0.05) is 51.8 Å². The Kier molecular flexibility index (Phi) is 4.78. The quantitative estimate of drug-likeness (QED) is 0.844. The van der Waals surface area contributed by atoms with Crippen LogP contribution in [0.5, 0.6) is 0 Å². The number of nitrogens with one attached hydrogen (secondary N) is 1. The molecule has 1 unspecified atom stereocenters. The van der Waals surface area contributed by atoms with Crippen LogP contribution in [0, 0.1) is 13.8 Å². The lowest BCUT2D eigenvalue weighted by Gasteiger charge is -2.16. The van der Waals surface area contributed by atoms with Gasteiger partial charge in [-0.25, -0.2) is 0 Å². The molecule has 0 heterocycles. The van der Waals surface area contributed by atoms with E-state index in [1.165, 1.54) is 22.3 Å². The Balaban J connectivity index is 2.02. The first kappa shape index (κ1) is 14.3. The summed E-state index contributed by atoms with van der Waals surface area (Å²) in [6.45, 7) is 7.42. The summed E-state index contributed by atoms with van der Waals surface area (Å²) >= 11 is 3.47. The molecule has 1 N–H and O–H groups in total. The van der Waals surface area contributed by atoms with E-state index in [2.05, 4.69) is 84.5 Å². The normalized spacial score (nSPS) is 12.4. The van der Waals surface area contributed by atoms with Crippen LogP contribution in [-0.2, 0) is 6.54 Å². The molecular formula is C17H20BrN. The van der Waals surface area contributed by atoms with Crippen molar-refractivity contribution in [1.82, 2.24) is 5.32 Å². The fourth-order valence-electron chi connectivity index (χ4n) is 2.12. The monoisotopic (exact) mass is 317 g/mol. The number of benzene rings is 2. The molecule has 2 aromatic rings. The van der Waals surface area contributed by atoms with Crippen LogP contribution >= 0.6 is 15.9 Å². The standard InChI is InChI=1S/C17H20BrN/c1-12-4-5-13(2)16(10-12)11-19-14(3)15-6-8-17(18)9-7-15/h4-10,14,19H,11H2,1-3H3. The summed E-state index contributed by atoms with van der Waals surface area (Å²) < 4.78 is 1.12. The summed E-state index contributed by atoms with van der Waals surface area (Å²) in [6, 6.07) is 15.5. The fraction of sp³-hybridized carbons (Fsp3) is 0.294. The van der Waals surface area contributed by atoms with E-state index in [4.69, 9.17) is 0 Å². The molecule has 2 rings (SSSR count). The summed E-state index contributed by atoms with van der Waals surface area (Å²) in [4.78, 5) is 0. The molecule has 0 saturated heterocycles. The van der Waals surface area contributed by atoms with E-state index in [9.17, 15) is 0 Å². The van der Waals surface area contributed by atoms with Crippen LogP contribution in [0.2, 0.25) is 0 Å². The molecule has 0 aliphatic carbocycles. The largest absolute Gasteiger partial charge is 0.306 e. The van der Waals surface area contributed by atoms with E-state index >= 15 is 0 Å². The lowest BCUT2D eigenvalue weighted by Crippen LogP contribution is -2.18. The SMILES string of the molecule is Cc1ccc(C)c(CNC(C)c2ccc(Br)cc2)c1. The van der Waals surface area contributed by atoms with E-state index in [1.54, 1.807) is 0 Å². The second-order valence-corrected chi connectivity index (χ2v) is 6.00. The van der Waals surface area contributed by atoms with Crippen molar-refractivity contribution in [2.24, 2.45) is 0 Å². The molecule has 0 saturated carbocycles. The van der Waals surface area contributed by atoms with E-state index in [0.29, 0.717) is 6.04 Å². The van der Waals surface area contributed by atoms with Crippen molar-refractivity contribution in [2.45, 2.75) is 33.4 Å². The zero-order valence-electron chi connectivity index (χ0n) is 11.7. The Labute approximate surface area is 124 Å². The molecule has 1 atom stereocenters. The van der Waals surface area contributed by atoms with Crippen molar-refractivity contribution in [2.75, 3.05) is 0 Å². The van der Waals surface area contributed by atoms with Crippen LogP contribution in [0.3, 0.4) is 0 Å². The molecule has 0 bridgehead atoms. The van der Waals surface area contributed by atoms with Gasteiger partial charge in [0.15, 0.2) is 0 Å². The van der Waals surface area contributed by atoms with E-state index in [1.807, 2.05) is 0 Å². The van der Waals surface area contributed by atoms with Crippen molar-refractivity contribution < 1.29 is 0 Å². The maximum atomic E-state index is 3.59. The molecule has 2 aromatic carbocycles. The van der Waals surface area contributed by atoms with Gasteiger partial charge in [-0.3, -0.25) is 0 Å². The minimum absolute atomic E-state index is 0.355. The lowest BCUT2D eigenvalue weighted by atomic mass is 10.0. The van der Waals surface area contributed by atoms with Crippen LogP contribution < -0.4 is 5.32 Å². The van der Waals surface area contributed by atoms with Crippen LogP contribution in [0.4, 0.5) is 0 Å². The highest BCUT2D eigenvalue weighted by Crippen LogP contribution is 2.18. The van der Waals surface area contributed by atoms with Gasteiger partial charge in [-0.2, -0.15) is 0 Å². The van der Waals surface area contributed by atoms with Crippen LogP contribution in [0.15, 0.2) is 46.9 Å². The molecule has 0 amide bonds.